The highest BCUT2D eigenvalue weighted by Crippen LogP contribution is 2.28. The van der Waals surface area contributed by atoms with E-state index in [9.17, 15) is 8.42 Å². The lowest BCUT2D eigenvalue weighted by Crippen LogP contribution is -2.36. The zero-order chi connectivity index (χ0) is 15.7. The lowest BCUT2D eigenvalue weighted by molar-refractivity contribution is 0.509. The molecule has 0 atom stereocenters. The van der Waals surface area contributed by atoms with Gasteiger partial charge in [-0.25, -0.2) is 18.1 Å². The number of nitrogens with one attached hydrogen (secondary N) is 1. The minimum Gasteiger partial charge on any atom is -0.242 e. The molecule has 2 aromatic heterocycles. The summed E-state index contributed by atoms with van der Waals surface area (Å²) in [5.41, 5.74) is -0.298. The molecule has 0 unspecified atom stereocenters. The molecule has 114 valence electrons. The molecule has 0 aromatic carbocycles. The van der Waals surface area contributed by atoms with E-state index >= 15 is 0 Å². The van der Waals surface area contributed by atoms with Crippen molar-refractivity contribution in [3.05, 3.63) is 44.3 Å². The highest BCUT2D eigenvalue weighted by molar-refractivity contribution is 9.10. The third kappa shape index (κ3) is 4.04. The molecule has 0 amide bonds. The van der Waals surface area contributed by atoms with E-state index in [0.717, 1.165) is 4.88 Å². The average Bonchev–Trinajstić information content (AvgIpc) is 2.94. The monoisotopic (exact) mass is 408 g/mol. The van der Waals surface area contributed by atoms with Crippen molar-refractivity contribution in [2.45, 2.75) is 24.2 Å². The van der Waals surface area contributed by atoms with Gasteiger partial charge in [-0.15, -0.1) is 11.3 Å². The molecule has 0 spiro atoms. The van der Waals surface area contributed by atoms with Crippen molar-refractivity contribution >= 4 is 48.9 Å². The molecule has 1 N–H and O–H groups in total. The van der Waals surface area contributed by atoms with Crippen LogP contribution in [0.1, 0.15) is 18.7 Å². The van der Waals surface area contributed by atoms with Gasteiger partial charge in [-0.1, -0.05) is 31.5 Å². The Morgan fingerprint density at radius 1 is 1.48 bits per heavy atom. The Morgan fingerprint density at radius 2 is 2.19 bits per heavy atom. The smallest absolute Gasteiger partial charge is 0.242 e. The van der Waals surface area contributed by atoms with E-state index in [2.05, 4.69) is 25.6 Å². The molecule has 2 rings (SSSR count). The largest absolute Gasteiger partial charge is 0.243 e. The maximum Gasteiger partial charge on any atom is 0.243 e. The van der Waals surface area contributed by atoms with Gasteiger partial charge in [0.15, 0.2) is 0 Å². The van der Waals surface area contributed by atoms with Crippen LogP contribution in [0, 0.1) is 0 Å². The van der Waals surface area contributed by atoms with Gasteiger partial charge in [-0.05, 0) is 33.4 Å². The summed E-state index contributed by atoms with van der Waals surface area (Å²) >= 11 is 10.7. The Morgan fingerprint density at radius 3 is 2.81 bits per heavy atom. The zero-order valence-corrected chi connectivity index (χ0v) is 15.4. The normalized spacial score (nSPS) is 12.6. The van der Waals surface area contributed by atoms with Gasteiger partial charge in [0.25, 0.3) is 0 Å². The Balaban J connectivity index is 2.21. The molecule has 2 aromatic rings. The highest BCUT2D eigenvalue weighted by atomic mass is 79.9. The molecule has 0 radical (unpaired) electrons. The summed E-state index contributed by atoms with van der Waals surface area (Å²) in [4.78, 5) is 4.93. The van der Waals surface area contributed by atoms with Crippen molar-refractivity contribution in [2.75, 3.05) is 6.54 Å². The molecule has 0 fully saturated rings. The predicted octanol–water partition coefficient (Wildman–Crippen LogP) is 3.82. The Hall–Kier alpha value is -0.470. The Bertz CT molecular complexity index is 731. The summed E-state index contributed by atoms with van der Waals surface area (Å²) < 4.78 is 27.9. The fourth-order valence-electron chi connectivity index (χ4n) is 1.70. The number of halogens is 2. The number of sulfonamides is 1. The van der Waals surface area contributed by atoms with E-state index in [0.29, 0.717) is 4.47 Å². The summed E-state index contributed by atoms with van der Waals surface area (Å²) in [6, 6.07) is 5.38. The molecule has 0 bridgehead atoms. The average molecular weight is 410 g/mol. The van der Waals surface area contributed by atoms with Crippen molar-refractivity contribution in [3.63, 3.8) is 0 Å². The van der Waals surface area contributed by atoms with Gasteiger partial charge in [0, 0.05) is 27.5 Å². The van der Waals surface area contributed by atoms with Crippen molar-refractivity contribution in [2.24, 2.45) is 0 Å². The molecule has 2 heterocycles. The minimum atomic E-state index is -3.71. The van der Waals surface area contributed by atoms with Gasteiger partial charge in [-0.3, -0.25) is 0 Å². The molecule has 8 heteroatoms. The van der Waals surface area contributed by atoms with E-state index in [1.54, 1.807) is 11.3 Å². The van der Waals surface area contributed by atoms with E-state index < -0.39 is 10.0 Å². The molecule has 0 aliphatic heterocycles. The zero-order valence-electron chi connectivity index (χ0n) is 11.4. The van der Waals surface area contributed by atoms with Crippen LogP contribution in [0.15, 0.2) is 39.1 Å². The standard InChI is InChI=1S/C13H14BrClN2O2S2/c1-13(2,11-4-3-5-20-11)8-17-21(18,19)10-6-9(14)7-16-12(10)15/h3-7,17H,8H2,1-2H3. The maximum absolute atomic E-state index is 12.4. The van der Waals surface area contributed by atoms with Crippen LogP contribution < -0.4 is 4.72 Å². The summed E-state index contributed by atoms with van der Waals surface area (Å²) in [6.07, 6.45) is 1.46. The first kappa shape index (κ1) is 16.9. The van der Waals surface area contributed by atoms with Crippen LogP contribution in [-0.2, 0) is 15.4 Å². The van der Waals surface area contributed by atoms with Crippen LogP contribution in [0.4, 0.5) is 0 Å². The molecule has 4 nitrogen and oxygen atoms in total. The van der Waals surface area contributed by atoms with Gasteiger partial charge in [0.05, 0.1) is 0 Å². The number of rotatable bonds is 5. The van der Waals surface area contributed by atoms with Crippen molar-refractivity contribution in [1.82, 2.24) is 9.71 Å². The Labute approximate surface area is 141 Å². The first-order chi connectivity index (χ1) is 9.72. The second-order valence-corrected chi connectivity index (χ2v) is 9.08. The summed E-state index contributed by atoms with van der Waals surface area (Å²) in [5.74, 6) is 0. The lowest BCUT2D eigenvalue weighted by atomic mass is 9.92. The third-order valence-electron chi connectivity index (χ3n) is 2.96. The topological polar surface area (TPSA) is 59.1 Å². The SMILES string of the molecule is CC(C)(CNS(=O)(=O)c1cc(Br)cnc1Cl)c1cccs1. The minimum absolute atomic E-state index is 0.0273. The van der Waals surface area contributed by atoms with Gasteiger partial charge in [-0.2, -0.15) is 0 Å². The fourth-order valence-corrected chi connectivity index (χ4v) is 4.70. The molecule has 0 aliphatic carbocycles. The first-order valence-corrected chi connectivity index (χ1v) is 9.60. The van der Waals surface area contributed by atoms with Crippen molar-refractivity contribution in [3.8, 4) is 0 Å². The first-order valence-electron chi connectivity index (χ1n) is 6.07. The van der Waals surface area contributed by atoms with E-state index in [4.69, 9.17) is 11.6 Å². The fraction of sp³-hybridized carbons (Fsp3) is 0.308. The van der Waals surface area contributed by atoms with Crippen LogP contribution in [-0.4, -0.2) is 19.9 Å². The number of hydrogen-bond donors (Lipinski definition) is 1. The third-order valence-corrected chi connectivity index (χ3v) is 6.45. The highest BCUT2D eigenvalue weighted by Gasteiger charge is 2.26. The van der Waals surface area contributed by atoms with Crippen LogP contribution in [0.3, 0.4) is 0 Å². The Kier molecular flexibility index (Phi) is 5.10. The number of thiophene rings is 1. The molecule has 0 aliphatic rings. The van der Waals surface area contributed by atoms with Gasteiger partial charge >= 0.3 is 0 Å². The predicted molar refractivity (Wildman–Crippen MR) is 89.5 cm³/mol. The molecule has 0 saturated carbocycles. The van der Waals surface area contributed by atoms with Crippen LogP contribution in [0.2, 0.25) is 5.15 Å². The number of pyridine rings is 1. The number of aromatic nitrogens is 1. The lowest BCUT2D eigenvalue weighted by Gasteiger charge is -2.23. The van der Waals surface area contributed by atoms with Gasteiger partial charge in [0.1, 0.15) is 10.0 Å². The van der Waals surface area contributed by atoms with E-state index in [1.807, 2.05) is 31.4 Å². The summed E-state index contributed by atoms with van der Waals surface area (Å²) in [7, 11) is -3.71. The van der Waals surface area contributed by atoms with Crippen LogP contribution in [0.25, 0.3) is 0 Å². The van der Waals surface area contributed by atoms with Crippen LogP contribution >= 0.6 is 38.9 Å². The van der Waals surface area contributed by atoms with Crippen LogP contribution in [0.5, 0.6) is 0 Å². The second-order valence-electron chi connectivity index (χ2n) is 5.13. The molecule has 21 heavy (non-hydrogen) atoms. The maximum atomic E-state index is 12.4. The van der Waals surface area contributed by atoms with Gasteiger partial charge < -0.3 is 0 Å². The van der Waals surface area contributed by atoms with E-state index in [-0.39, 0.29) is 22.0 Å². The van der Waals surface area contributed by atoms with Crippen molar-refractivity contribution in [1.29, 1.82) is 0 Å². The number of hydrogen-bond acceptors (Lipinski definition) is 4. The summed E-state index contributed by atoms with van der Waals surface area (Å²) in [6.45, 7) is 4.25. The van der Waals surface area contributed by atoms with Gasteiger partial charge in [0.2, 0.25) is 10.0 Å². The number of nitrogens with zero attached hydrogens (tertiary/aromatic N) is 1. The molecular formula is C13H14BrClN2O2S2. The van der Waals surface area contributed by atoms with E-state index in [1.165, 1.54) is 12.3 Å². The molecule has 0 saturated heterocycles. The quantitative estimate of drug-likeness (QED) is 0.764. The van der Waals surface area contributed by atoms with Crippen molar-refractivity contribution < 1.29 is 8.42 Å². The summed E-state index contributed by atoms with van der Waals surface area (Å²) in [5, 5.41) is 1.93. The second kappa shape index (κ2) is 6.34. The molecular weight excluding hydrogens is 396 g/mol.